The van der Waals surface area contributed by atoms with E-state index >= 15 is 0 Å². The summed E-state index contributed by atoms with van der Waals surface area (Å²) in [6.45, 7) is 1.90. The molecule has 0 aliphatic carbocycles. The van der Waals surface area contributed by atoms with E-state index in [2.05, 4.69) is 6.92 Å². The van der Waals surface area contributed by atoms with Gasteiger partial charge in [0.25, 0.3) is 5.56 Å². The van der Waals surface area contributed by atoms with Crippen molar-refractivity contribution in [2.75, 3.05) is 13.2 Å². The molecule has 0 bridgehead atoms. The summed E-state index contributed by atoms with van der Waals surface area (Å²) in [6.07, 6.45) is 25.8. The maximum absolute atomic E-state index is 13.6. The van der Waals surface area contributed by atoms with Crippen molar-refractivity contribution in [2.45, 2.75) is 173 Å². The van der Waals surface area contributed by atoms with Crippen LogP contribution < -0.4 is 11.2 Å². The summed E-state index contributed by atoms with van der Waals surface area (Å²) >= 11 is 0. The molecular formula is C33H60FN2O8P. The molecule has 2 rings (SSSR count). The Balaban J connectivity index is 1.37. The molecule has 1 saturated heterocycles. The summed E-state index contributed by atoms with van der Waals surface area (Å²) in [4.78, 5) is 34.9. The first-order valence-electron chi connectivity index (χ1n) is 17.7. The zero-order valence-corrected chi connectivity index (χ0v) is 28.5. The predicted octanol–water partition coefficient (Wildman–Crippen LogP) is 8.06. The number of halogens is 1. The number of aliphatic hydroxyl groups is 1. The van der Waals surface area contributed by atoms with Crippen LogP contribution in [0.15, 0.2) is 15.8 Å². The van der Waals surface area contributed by atoms with E-state index in [1.54, 1.807) is 0 Å². The van der Waals surface area contributed by atoms with Crippen molar-refractivity contribution in [2.24, 2.45) is 0 Å². The fraction of sp³-hybridized carbons (Fsp3) is 0.879. The van der Waals surface area contributed by atoms with Crippen LogP contribution >= 0.6 is 7.82 Å². The molecule has 262 valence electrons. The van der Waals surface area contributed by atoms with E-state index in [-0.39, 0.29) is 13.0 Å². The largest absolute Gasteiger partial charge is 0.472 e. The summed E-state index contributed by atoms with van der Waals surface area (Å²) in [7, 11) is -4.35. The average molecular weight is 663 g/mol. The molecular weight excluding hydrogens is 602 g/mol. The smallest absolute Gasteiger partial charge is 0.390 e. The van der Waals surface area contributed by atoms with Crippen LogP contribution in [0.25, 0.3) is 0 Å². The lowest BCUT2D eigenvalue weighted by atomic mass is 10.0. The quantitative estimate of drug-likeness (QED) is 0.0605. The van der Waals surface area contributed by atoms with Crippen LogP contribution in [0.2, 0.25) is 0 Å². The van der Waals surface area contributed by atoms with Crippen molar-refractivity contribution in [3.63, 3.8) is 0 Å². The maximum Gasteiger partial charge on any atom is 0.472 e. The van der Waals surface area contributed by atoms with Crippen LogP contribution in [0.5, 0.6) is 0 Å². The molecule has 0 aromatic carbocycles. The van der Waals surface area contributed by atoms with E-state index in [0.29, 0.717) is 12.6 Å². The van der Waals surface area contributed by atoms with Gasteiger partial charge in [0.15, 0.2) is 0 Å². The van der Waals surface area contributed by atoms with Gasteiger partial charge >= 0.3 is 13.5 Å². The molecule has 1 unspecified atom stereocenters. The first kappa shape index (κ1) is 39.8. The maximum atomic E-state index is 13.6. The molecule has 10 nitrogen and oxygen atoms in total. The van der Waals surface area contributed by atoms with Crippen molar-refractivity contribution in [3.05, 3.63) is 32.9 Å². The first-order valence-corrected chi connectivity index (χ1v) is 19.2. The molecule has 0 saturated carbocycles. The lowest BCUT2D eigenvalue weighted by molar-refractivity contribution is -0.0468. The van der Waals surface area contributed by atoms with Crippen molar-refractivity contribution in [1.82, 2.24) is 9.55 Å². The molecule has 4 atom stereocenters. The summed E-state index contributed by atoms with van der Waals surface area (Å²) in [6, 6.07) is 0. The van der Waals surface area contributed by atoms with E-state index in [4.69, 9.17) is 13.8 Å². The van der Waals surface area contributed by atoms with Crippen molar-refractivity contribution >= 4 is 7.82 Å². The number of nitrogens with zero attached hydrogens (tertiary/aromatic N) is 1. The van der Waals surface area contributed by atoms with Gasteiger partial charge in [0.05, 0.1) is 25.5 Å². The minimum Gasteiger partial charge on any atom is -0.390 e. The topological polar surface area (TPSA) is 140 Å². The highest BCUT2D eigenvalue weighted by atomic mass is 31.2. The zero-order chi connectivity index (χ0) is 32.8. The Bertz CT molecular complexity index is 1070. The standard InChI is InChI=1S/C33H60FN2O8P/c1-2-3-4-5-6-7-8-9-10-11-12-13-14-15-16-17-18-19-20-21-22-23-24-42-45(40,41)43-27-30-29(37)25-31(44-30)36-26-28(34)32(38)35-33(36)39/h26,29-31,37H,2-25,27H2,1H3,(H,40,41)(H,35,38,39)/t29-,30+,31+/m0/s1. The number of aromatic amines is 1. The SMILES string of the molecule is CCCCCCCCCCCCCCCCCCCCCCCCOP(=O)(O)OC[C@H]1O[C@@H](n2cc(F)c(=O)[nH]c2=O)C[C@@H]1O. The lowest BCUT2D eigenvalue weighted by Crippen LogP contribution is -2.34. The van der Waals surface area contributed by atoms with Gasteiger partial charge in [0, 0.05) is 6.42 Å². The highest BCUT2D eigenvalue weighted by Gasteiger charge is 2.37. The summed E-state index contributed by atoms with van der Waals surface area (Å²) in [5.74, 6) is -1.17. The second kappa shape index (κ2) is 23.9. The van der Waals surface area contributed by atoms with Gasteiger partial charge in [-0.2, -0.15) is 4.39 Å². The Morgan fingerprint density at radius 1 is 0.822 bits per heavy atom. The molecule has 0 radical (unpaired) electrons. The van der Waals surface area contributed by atoms with Crippen molar-refractivity contribution in [3.8, 4) is 0 Å². The number of aliphatic hydroxyl groups excluding tert-OH is 1. The number of hydrogen-bond acceptors (Lipinski definition) is 7. The Morgan fingerprint density at radius 2 is 1.27 bits per heavy atom. The molecule has 0 amide bonds. The number of unbranched alkanes of at least 4 members (excludes halogenated alkanes) is 21. The van der Waals surface area contributed by atoms with Crippen LogP contribution in [0.1, 0.15) is 161 Å². The van der Waals surface area contributed by atoms with Gasteiger partial charge in [0.2, 0.25) is 5.82 Å². The predicted molar refractivity (Wildman–Crippen MR) is 175 cm³/mol. The molecule has 45 heavy (non-hydrogen) atoms. The minimum absolute atomic E-state index is 0.0790. The van der Waals surface area contributed by atoms with Crippen LogP contribution in [-0.4, -0.2) is 45.0 Å². The number of ether oxygens (including phenoxy) is 1. The molecule has 2 heterocycles. The number of nitrogens with one attached hydrogen (secondary N) is 1. The minimum atomic E-state index is -4.35. The van der Waals surface area contributed by atoms with E-state index in [0.717, 1.165) is 23.8 Å². The number of rotatable bonds is 28. The van der Waals surface area contributed by atoms with Gasteiger partial charge in [0.1, 0.15) is 12.3 Å². The summed E-state index contributed by atoms with van der Waals surface area (Å²) in [5.41, 5.74) is -2.05. The molecule has 1 aliphatic rings. The molecule has 1 aromatic rings. The number of hydrogen-bond donors (Lipinski definition) is 3. The molecule has 1 aliphatic heterocycles. The van der Waals surface area contributed by atoms with Crippen LogP contribution in [-0.2, 0) is 18.3 Å². The molecule has 3 N–H and O–H groups in total. The normalized spacial score (nSPS) is 19.7. The zero-order valence-electron chi connectivity index (χ0n) is 27.6. The van der Waals surface area contributed by atoms with Gasteiger partial charge in [-0.1, -0.05) is 142 Å². The number of H-pyrrole nitrogens is 1. The number of phosphoric ester groups is 1. The molecule has 0 spiro atoms. The van der Waals surface area contributed by atoms with Gasteiger partial charge in [-0.05, 0) is 6.42 Å². The fourth-order valence-corrected chi connectivity index (χ4v) is 6.58. The van der Waals surface area contributed by atoms with E-state index in [1.807, 2.05) is 4.98 Å². The van der Waals surface area contributed by atoms with E-state index < -0.39 is 49.9 Å². The number of aromatic nitrogens is 2. The second-order valence-corrected chi connectivity index (χ2v) is 14.1. The Kier molecular flexibility index (Phi) is 21.1. The molecule has 1 fully saturated rings. The van der Waals surface area contributed by atoms with Crippen LogP contribution in [0.3, 0.4) is 0 Å². The Hall–Kier alpha value is -1.36. The summed E-state index contributed by atoms with van der Waals surface area (Å²) in [5, 5.41) is 10.2. The third-order valence-corrected chi connectivity index (χ3v) is 9.58. The van der Waals surface area contributed by atoms with Gasteiger partial charge in [-0.15, -0.1) is 0 Å². The average Bonchev–Trinajstić information content (AvgIpc) is 3.38. The fourth-order valence-electron chi connectivity index (χ4n) is 5.81. The van der Waals surface area contributed by atoms with Gasteiger partial charge < -0.3 is 14.7 Å². The third-order valence-electron chi connectivity index (χ3n) is 8.59. The van der Waals surface area contributed by atoms with E-state index in [9.17, 15) is 28.5 Å². The van der Waals surface area contributed by atoms with Crippen molar-refractivity contribution < 1.29 is 32.7 Å². The highest BCUT2D eigenvalue weighted by molar-refractivity contribution is 7.47. The van der Waals surface area contributed by atoms with Gasteiger partial charge in [-0.25, -0.2) is 9.36 Å². The Labute approximate surface area is 269 Å². The Morgan fingerprint density at radius 3 is 1.73 bits per heavy atom. The monoisotopic (exact) mass is 662 g/mol. The third kappa shape index (κ3) is 17.9. The van der Waals surface area contributed by atoms with Crippen LogP contribution in [0.4, 0.5) is 4.39 Å². The lowest BCUT2D eigenvalue weighted by Gasteiger charge is -2.18. The summed E-state index contributed by atoms with van der Waals surface area (Å²) < 4.78 is 42.1. The van der Waals surface area contributed by atoms with Crippen molar-refractivity contribution in [1.29, 1.82) is 0 Å². The number of phosphoric acid groups is 1. The molecule has 12 heteroatoms. The van der Waals surface area contributed by atoms with Gasteiger partial charge in [-0.3, -0.25) is 23.4 Å². The van der Waals surface area contributed by atoms with E-state index in [1.165, 1.54) is 116 Å². The molecule has 1 aromatic heterocycles. The first-order chi connectivity index (χ1) is 21.7. The highest BCUT2D eigenvalue weighted by Crippen LogP contribution is 2.44. The van der Waals surface area contributed by atoms with Crippen LogP contribution in [0, 0.1) is 5.82 Å². The second-order valence-electron chi connectivity index (χ2n) is 12.6.